The molecule has 0 unspecified atom stereocenters. The van der Waals surface area contributed by atoms with Crippen LogP contribution in [0.2, 0.25) is 0 Å². The van der Waals surface area contributed by atoms with Gasteiger partial charge in [-0.2, -0.15) is 0 Å². The summed E-state index contributed by atoms with van der Waals surface area (Å²) in [6.45, 7) is 13.1. The summed E-state index contributed by atoms with van der Waals surface area (Å²) in [6.07, 6.45) is -0.492. The number of benzene rings is 1. The number of carbonyl (C=O) groups excluding carboxylic acids is 1. The molecule has 3 N–H and O–H groups in total. The summed E-state index contributed by atoms with van der Waals surface area (Å²) in [5.41, 5.74) is 0.0707. The minimum absolute atomic E-state index is 0.404. The molecule has 0 heterocycles. The summed E-state index contributed by atoms with van der Waals surface area (Å²) >= 11 is 0. The van der Waals surface area contributed by atoms with Crippen LogP contribution in [-0.2, 0) is 10.3 Å². The standard InChI is InChI=1S/C14H22BNO4.C2H6/c1-13(2,3)20-12(17)16-14(4,5)10-6-8-11(9-7-10)15(18)19;1-2/h6-9,18-19H,1-5H3,(H,16,17);1-2H3. The number of alkyl carbamates (subject to hydrolysis) is 1. The Kier molecular flexibility index (Phi) is 7.63. The number of carbonyl (C=O) groups is 1. The average Bonchev–Trinajstić information content (AvgIpc) is 2.38. The molecule has 1 rings (SSSR count). The molecule has 1 amide bonds. The van der Waals surface area contributed by atoms with E-state index in [0.29, 0.717) is 5.46 Å². The first-order chi connectivity index (χ1) is 10.0. The fraction of sp³-hybridized carbons (Fsp3) is 0.562. The topological polar surface area (TPSA) is 78.8 Å². The summed E-state index contributed by atoms with van der Waals surface area (Å²) in [5, 5.41) is 20.9. The molecule has 0 fully saturated rings. The van der Waals surface area contributed by atoms with Gasteiger partial charge in [-0.05, 0) is 45.6 Å². The Hall–Kier alpha value is -1.53. The molecule has 0 saturated heterocycles. The zero-order valence-electron chi connectivity index (χ0n) is 14.6. The van der Waals surface area contributed by atoms with Gasteiger partial charge >= 0.3 is 13.2 Å². The summed E-state index contributed by atoms with van der Waals surface area (Å²) < 4.78 is 5.23. The van der Waals surface area contributed by atoms with E-state index in [1.165, 1.54) is 0 Å². The zero-order valence-corrected chi connectivity index (χ0v) is 14.6. The predicted octanol–water partition coefficient (Wildman–Crippen LogP) is 2.15. The van der Waals surface area contributed by atoms with Crippen molar-refractivity contribution < 1.29 is 19.6 Å². The van der Waals surface area contributed by atoms with Crippen LogP contribution in [0.1, 0.15) is 54.0 Å². The van der Waals surface area contributed by atoms with Crippen molar-refractivity contribution in [3.63, 3.8) is 0 Å². The van der Waals surface area contributed by atoms with Crippen LogP contribution in [0.4, 0.5) is 4.79 Å². The van der Waals surface area contributed by atoms with Crippen molar-refractivity contribution in [2.75, 3.05) is 0 Å². The van der Waals surface area contributed by atoms with Gasteiger partial charge in [0.1, 0.15) is 5.60 Å². The number of rotatable bonds is 3. The minimum atomic E-state index is -1.49. The molecular weight excluding hydrogens is 281 g/mol. The summed E-state index contributed by atoms with van der Waals surface area (Å²) in [6, 6.07) is 6.70. The van der Waals surface area contributed by atoms with Crippen molar-refractivity contribution in [2.45, 2.75) is 59.6 Å². The van der Waals surface area contributed by atoms with Gasteiger partial charge in [-0.1, -0.05) is 38.1 Å². The molecule has 0 atom stereocenters. The van der Waals surface area contributed by atoms with Gasteiger partial charge in [-0.3, -0.25) is 0 Å². The molecule has 0 bridgehead atoms. The number of hydrogen-bond donors (Lipinski definition) is 3. The Morgan fingerprint density at radius 1 is 1.05 bits per heavy atom. The first kappa shape index (κ1) is 20.5. The Bertz CT molecular complexity index is 464. The Morgan fingerprint density at radius 3 is 1.86 bits per heavy atom. The Morgan fingerprint density at radius 2 is 1.50 bits per heavy atom. The smallest absolute Gasteiger partial charge is 0.444 e. The third kappa shape index (κ3) is 6.96. The summed E-state index contributed by atoms with van der Waals surface area (Å²) in [4.78, 5) is 11.8. The molecule has 1 aromatic rings. The van der Waals surface area contributed by atoms with E-state index in [9.17, 15) is 4.79 Å². The molecule has 0 aromatic heterocycles. The van der Waals surface area contributed by atoms with Gasteiger partial charge in [0.15, 0.2) is 0 Å². The van der Waals surface area contributed by atoms with Crippen LogP contribution in [0, 0.1) is 0 Å². The van der Waals surface area contributed by atoms with Crippen molar-refractivity contribution in [1.29, 1.82) is 0 Å². The van der Waals surface area contributed by atoms with Crippen molar-refractivity contribution >= 4 is 18.7 Å². The van der Waals surface area contributed by atoms with E-state index in [-0.39, 0.29) is 0 Å². The number of amides is 1. The largest absolute Gasteiger partial charge is 0.488 e. The quantitative estimate of drug-likeness (QED) is 0.748. The van der Waals surface area contributed by atoms with Crippen LogP contribution in [0.5, 0.6) is 0 Å². The summed E-state index contributed by atoms with van der Waals surface area (Å²) in [7, 11) is -1.49. The van der Waals surface area contributed by atoms with Crippen molar-refractivity contribution in [2.24, 2.45) is 0 Å². The monoisotopic (exact) mass is 309 g/mol. The molecule has 6 heteroatoms. The third-order valence-corrected chi connectivity index (χ3v) is 2.74. The van der Waals surface area contributed by atoms with Gasteiger partial charge in [0.25, 0.3) is 0 Å². The highest BCUT2D eigenvalue weighted by atomic mass is 16.6. The van der Waals surface area contributed by atoms with Crippen LogP contribution < -0.4 is 10.8 Å². The normalized spacial score (nSPS) is 11.1. The van der Waals surface area contributed by atoms with E-state index < -0.39 is 24.4 Å². The molecule has 0 aliphatic heterocycles. The van der Waals surface area contributed by atoms with E-state index in [4.69, 9.17) is 14.8 Å². The highest BCUT2D eigenvalue weighted by molar-refractivity contribution is 6.58. The maximum absolute atomic E-state index is 11.8. The van der Waals surface area contributed by atoms with Gasteiger partial charge in [0.05, 0.1) is 5.54 Å². The van der Waals surface area contributed by atoms with Crippen LogP contribution in [0.3, 0.4) is 0 Å². The number of nitrogens with one attached hydrogen (secondary N) is 1. The van der Waals surface area contributed by atoms with Gasteiger partial charge in [0.2, 0.25) is 0 Å². The highest BCUT2D eigenvalue weighted by Gasteiger charge is 2.26. The molecule has 22 heavy (non-hydrogen) atoms. The first-order valence-corrected chi connectivity index (χ1v) is 7.49. The molecule has 5 nitrogen and oxygen atoms in total. The van der Waals surface area contributed by atoms with Crippen LogP contribution in [0.15, 0.2) is 24.3 Å². The lowest BCUT2D eigenvalue weighted by molar-refractivity contribution is 0.0470. The van der Waals surface area contributed by atoms with Crippen LogP contribution in [-0.4, -0.2) is 28.9 Å². The molecule has 1 aromatic carbocycles. The zero-order chi connectivity index (χ0) is 17.6. The molecule has 0 aliphatic rings. The average molecular weight is 309 g/mol. The van der Waals surface area contributed by atoms with Crippen LogP contribution >= 0.6 is 0 Å². The fourth-order valence-corrected chi connectivity index (χ4v) is 1.70. The lowest BCUT2D eigenvalue weighted by Gasteiger charge is -2.29. The second-order valence-corrected chi connectivity index (χ2v) is 6.25. The number of hydrogen-bond acceptors (Lipinski definition) is 4. The molecular formula is C16H28BNO4. The second-order valence-electron chi connectivity index (χ2n) is 6.25. The van der Waals surface area contributed by atoms with E-state index in [1.807, 2.05) is 27.7 Å². The van der Waals surface area contributed by atoms with Gasteiger partial charge < -0.3 is 20.1 Å². The lowest BCUT2D eigenvalue weighted by Crippen LogP contribution is -2.44. The second kappa shape index (κ2) is 8.20. The van der Waals surface area contributed by atoms with Gasteiger partial charge in [-0.25, -0.2) is 4.79 Å². The first-order valence-electron chi connectivity index (χ1n) is 7.49. The Labute approximate surface area is 133 Å². The maximum Gasteiger partial charge on any atom is 0.488 e. The predicted molar refractivity (Wildman–Crippen MR) is 90.0 cm³/mol. The SMILES string of the molecule is CC.CC(C)(C)OC(=O)NC(C)(C)c1ccc(B(O)O)cc1. The maximum atomic E-state index is 11.8. The highest BCUT2D eigenvalue weighted by Crippen LogP contribution is 2.20. The van der Waals surface area contributed by atoms with Crippen molar-refractivity contribution in [3.05, 3.63) is 29.8 Å². The van der Waals surface area contributed by atoms with E-state index >= 15 is 0 Å². The van der Waals surface area contributed by atoms with Crippen LogP contribution in [0.25, 0.3) is 0 Å². The van der Waals surface area contributed by atoms with Gasteiger partial charge in [0, 0.05) is 0 Å². The molecule has 0 saturated carbocycles. The third-order valence-electron chi connectivity index (χ3n) is 2.74. The molecule has 124 valence electrons. The minimum Gasteiger partial charge on any atom is -0.444 e. The molecule has 0 radical (unpaired) electrons. The number of ether oxygens (including phenoxy) is 1. The Balaban J connectivity index is 0.00000211. The lowest BCUT2D eigenvalue weighted by atomic mass is 9.79. The van der Waals surface area contributed by atoms with E-state index in [1.54, 1.807) is 45.0 Å². The fourth-order valence-electron chi connectivity index (χ4n) is 1.70. The summed E-state index contributed by atoms with van der Waals surface area (Å²) in [5.74, 6) is 0. The van der Waals surface area contributed by atoms with Crippen molar-refractivity contribution in [3.8, 4) is 0 Å². The molecule has 0 aliphatic carbocycles. The van der Waals surface area contributed by atoms with Crippen molar-refractivity contribution in [1.82, 2.24) is 5.32 Å². The van der Waals surface area contributed by atoms with E-state index in [0.717, 1.165) is 5.56 Å². The van der Waals surface area contributed by atoms with Gasteiger partial charge in [-0.15, -0.1) is 0 Å². The van der Waals surface area contributed by atoms with E-state index in [2.05, 4.69) is 5.32 Å². The molecule has 0 spiro atoms.